The first-order valence-electron chi connectivity index (χ1n) is 13.6. The summed E-state index contributed by atoms with van der Waals surface area (Å²) >= 11 is 0. The van der Waals surface area contributed by atoms with Crippen LogP contribution in [0.4, 0.5) is 0 Å². The van der Waals surface area contributed by atoms with Crippen molar-refractivity contribution in [3.05, 3.63) is 65.7 Å². The van der Waals surface area contributed by atoms with Gasteiger partial charge in [0.2, 0.25) is 11.8 Å². The van der Waals surface area contributed by atoms with E-state index in [0.29, 0.717) is 25.5 Å². The largest absolute Gasteiger partial charge is 0.489 e. The second kappa shape index (κ2) is 15.5. The lowest BCUT2D eigenvalue weighted by molar-refractivity contribution is -0.131. The van der Waals surface area contributed by atoms with Crippen LogP contribution in [-0.4, -0.2) is 87.2 Å². The highest BCUT2D eigenvalue weighted by molar-refractivity contribution is 5.90. The molecule has 1 heterocycles. The Hall–Kier alpha value is -2.94. The summed E-state index contributed by atoms with van der Waals surface area (Å²) in [5.41, 5.74) is 2.06. The van der Waals surface area contributed by atoms with E-state index in [1.54, 1.807) is 0 Å². The van der Waals surface area contributed by atoms with Gasteiger partial charge in [-0.15, -0.1) is 0 Å². The number of nitrogens with one attached hydrogen (secondary N) is 2. The van der Waals surface area contributed by atoms with E-state index >= 15 is 0 Å². The molecule has 0 bridgehead atoms. The van der Waals surface area contributed by atoms with E-state index in [2.05, 4.69) is 29.4 Å². The molecule has 2 atom stereocenters. The van der Waals surface area contributed by atoms with Crippen LogP contribution in [0.1, 0.15) is 31.4 Å². The second-order valence-electron chi connectivity index (χ2n) is 10.5. The molecule has 8 nitrogen and oxygen atoms in total. The number of hydrogen-bond acceptors (Lipinski definition) is 6. The Morgan fingerprint density at radius 1 is 0.974 bits per heavy atom. The van der Waals surface area contributed by atoms with Gasteiger partial charge in [-0.1, -0.05) is 56.3 Å². The first kappa shape index (κ1) is 29.6. The summed E-state index contributed by atoms with van der Waals surface area (Å²) in [5, 5.41) is 6.08. The van der Waals surface area contributed by atoms with Gasteiger partial charge in [0.25, 0.3) is 0 Å². The molecule has 0 spiro atoms. The molecule has 38 heavy (non-hydrogen) atoms. The number of morpholine rings is 1. The van der Waals surface area contributed by atoms with Crippen LogP contribution in [0.2, 0.25) is 0 Å². The van der Waals surface area contributed by atoms with Crippen LogP contribution in [0.25, 0.3) is 0 Å². The topological polar surface area (TPSA) is 83.1 Å². The molecule has 3 rings (SSSR count). The predicted octanol–water partition coefficient (Wildman–Crippen LogP) is 2.72. The van der Waals surface area contributed by atoms with Crippen molar-refractivity contribution in [3.63, 3.8) is 0 Å². The molecule has 2 N–H and O–H groups in total. The number of ether oxygens (including phenoxy) is 2. The molecule has 2 aromatic rings. The second-order valence-corrected chi connectivity index (χ2v) is 10.5. The maximum Gasteiger partial charge on any atom is 0.242 e. The monoisotopic (exact) mass is 524 g/mol. The van der Waals surface area contributed by atoms with Crippen LogP contribution in [-0.2, 0) is 27.4 Å². The lowest BCUT2D eigenvalue weighted by Crippen LogP contribution is -2.54. The minimum absolute atomic E-state index is 0.125. The van der Waals surface area contributed by atoms with Crippen molar-refractivity contribution in [2.75, 3.05) is 53.5 Å². The number of carbonyl (C=O) groups is 2. The number of hydrogen-bond donors (Lipinski definition) is 2. The minimum Gasteiger partial charge on any atom is -0.489 e. The SMILES string of the molecule is CC(C)C[C@H](C(=O)N[C@@H](Cc1ccc(OCc2ccccc2)cc1)C(=O)NCCN1CCOCC1)N(C)C. The van der Waals surface area contributed by atoms with Crippen LogP contribution < -0.4 is 15.4 Å². The lowest BCUT2D eigenvalue weighted by atomic mass is 10.0. The van der Waals surface area contributed by atoms with Crippen molar-refractivity contribution in [2.45, 2.75) is 45.4 Å². The molecule has 2 amide bonds. The fourth-order valence-electron chi connectivity index (χ4n) is 4.46. The molecule has 0 saturated carbocycles. The van der Waals surface area contributed by atoms with E-state index in [4.69, 9.17) is 9.47 Å². The Balaban J connectivity index is 1.63. The molecule has 1 saturated heterocycles. The molecular formula is C30H44N4O4. The normalized spacial score (nSPS) is 15.7. The summed E-state index contributed by atoms with van der Waals surface area (Å²) in [6, 6.07) is 16.8. The van der Waals surface area contributed by atoms with Gasteiger partial charge in [0.05, 0.1) is 19.3 Å². The van der Waals surface area contributed by atoms with Gasteiger partial charge in [-0.2, -0.15) is 0 Å². The summed E-state index contributed by atoms with van der Waals surface area (Å²) < 4.78 is 11.3. The molecule has 0 radical (unpaired) electrons. The van der Waals surface area contributed by atoms with Gasteiger partial charge in [-0.25, -0.2) is 0 Å². The number of likely N-dealkylation sites (N-methyl/N-ethyl adjacent to an activating group) is 1. The fraction of sp³-hybridized carbons (Fsp3) is 0.533. The van der Waals surface area contributed by atoms with Crippen LogP contribution >= 0.6 is 0 Å². The number of benzene rings is 2. The molecule has 208 valence electrons. The zero-order valence-electron chi connectivity index (χ0n) is 23.3. The van der Waals surface area contributed by atoms with Crippen LogP contribution in [0.15, 0.2) is 54.6 Å². The molecule has 0 unspecified atom stereocenters. The summed E-state index contributed by atoms with van der Waals surface area (Å²) in [5.74, 6) is 0.827. The van der Waals surface area contributed by atoms with Crippen molar-refractivity contribution >= 4 is 11.8 Å². The van der Waals surface area contributed by atoms with Gasteiger partial charge >= 0.3 is 0 Å². The highest BCUT2D eigenvalue weighted by atomic mass is 16.5. The molecule has 8 heteroatoms. The van der Waals surface area contributed by atoms with Crippen LogP contribution in [0.5, 0.6) is 5.75 Å². The summed E-state index contributed by atoms with van der Waals surface area (Å²) in [6.45, 7) is 9.16. The van der Waals surface area contributed by atoms with Crippen molar-refractivity contribution in [1.29, 1.82) is 0 Å². The Kier molecular flexibility index (Phi) is 12.1. The van der Waals surface area contributed by atoms with E-state index < -0.39 is 6.04 Å². The molecular weight excluding hydrogens is 480 g/mol. The fourth-order valence-corrected chi connectivity index (χ4v) is 4.46. The molecule has 1 aliphatic heterocycles. The van der Waals surface area contributed by atoms with Crippen LogP contribution in [0, 0.1) is 5.92 Å². The van der Waals surface area contributed by atoms with Gasteiger partial charge in [-0.05, 0) is 49.7 Å². The Morgan fingerprint density at radius 2 is 1.66 bits per heavy atom. The first-order valence-corrected chi connectivity index (χ1v) is 13.6. The molecule has 2 aromatic carbocycles. The third-order valence-electron chi connectivity index (χ3n) is 6.70. The summed E-state index contributed by atoms with van der Waals surface area (Å²) in [7, 11) is 3.80. The Morgan fingerprint density at radius 3 is 2.29 bits per heavy atom. The average molecular weight is 525 g/mol. The van der Waals surface area contributed by atoms with E-state index in [0.717, 1.165) is 56.1 Å². The summed E-state index contributed by atoms with van der Waals surface area (Å²) in [6.07, 6.45) is 1.12. The van der Waals surface area contributed by atoms with E-state index in [-0.39, 0.29) is 17.9 Å². The molecule has 0 aliphatic carbocycles. The van der Waals surface area contributed by atoms with Gasteiger partial charge in [0.1, 0.15) is 18.4 Å². The van der Waals surface area contributed by atoms with Crippen LogP contribution in [0.3, 0.4) is 0 Å². The van der Waals surface area contributed by atoms with Crippen molar-refractivity contribution in [1.82, 2.24) is 20.4 Å². The third-order valence-corrected chi connectivity index (χ3v) is 6.70. The van der Waals surface area contributed by atoms with E-state index in [1.807, 2.05) is 73.6 Å². The Labute approximate surface area is 227 Å². The average Bonchev–Trinajstić information content (AvgIpc) is 2.91. The van der Waals surface area contributed by atoms with Gasteiger partial charge < -0.3 is 20.1 Å². The highest BCUT2D eigenvalue weighted by Crippen LogP contribution is 2.16. The lowest BCUT2D eigenvalue weighted by Gasteiger charge is -2.28. The molecule has 1 fully saturated rings. The number of amides is 2. The minimum atomic E-state index is -0.669. The Bertz CT molecular complexity index is 976. The van der Waals surface area contributed by atoms with Gasteiger partial charge in [0, 0.05) is 32.6 Å². The number of carbonyl (C=O) groups excluding carboxylic acids is 2. The molecule has 0 aromatic heterocycles. The van der Waals surface area contributed by atoms with Crippen molar-refractivity contribution in [2.24, 2.45) is 5.92 Å². The van der Waals surface area contributed by atoms with Gasteiger partial charge in [0.15, 0.2) is 0 Å². The zero-order valence-corrected chi connectivity index (χ0v) is 23.3. The van der Waals surface area contributed by atoms with Gasteiger partial charge in [-0.3, -0.25) is 19.4 Å². The maximum absolute atomic E-state index is 13.3. The number of rotatable bonds is 14. The smallest absolute Gasteiger partial charge is 0.242 e. The summed E-state index contributed by atoms with van der Waals surface area (Å²) in [4.78, 5) is 30.7. The highest BCUT2D eigenvalue weighted by Gasteiger charge is 2.27. The zero-order chi connectivity index (χ0) is 27.3. The standard InChI is InChI=1S/C30H44N4O4/c1-23(2)20-28(33(3)4)30(36)32-27(29(35)31-14-15-34-16-18-37-19-17-34)21-24-10-12-26(13-11-24)38-22-25-8-6-5-7-9-25/h5-13,23,27-28H,14-22H2,1-4H3,(H,31,35)(H,32,36)/t27-,28+/m0/s1. The maximum atomic E-state index is 13.3. The van der Waals surface area contributed by atoms with E-state index in [1.165, 1.54) is 0 Å². The first-order chi connectivity index (χ1) is 18.3. The quantitative estimate of drug-likeness (QED) is 0.396. The number of nitrogens with zero attached hydrogens (tertiary/aromatic N) is 2. The predicted molar refractivity (Wildman–Crippen MR) is 150 cm³/mol. The van der Waals surface area contributed by atoms with E-state index in [9.17, 15) is 9.59 Å². The van der Waals surface area contributed by atoms with Crippen molar-refractivity contribution in [3.8, 4) is 5.75 Å². The van der Waals surface area contributed by atoms with Crippen molar-refractivity contribution < 1.29 is 19.1 Å². The third kappa shape index (κ3) is 10.1. The molecule has 1 aliphatic rings.